The van der Waals surface area contributed by atoms with Crippen LogP contribution in [0.15, 0.2) is 30.5 Å². The Hall–Kier alpha value is -2.95. The van der Waals surface area contributed by atoms with Gasteiger partial charge in [0.2, 0.25) is 0 Å². The third kappa shape index (κ3) is 5.35. The van der Waals surface area contributed by atoms with Crippen molar-refractivity contribution >= 4 is 44.1 Å². The Labute approximate surface area is 197 Å². The number of likely N-dealkylation sites (N-methyl/N-ethyl adjacent to an activating group) is 2. The number of rotatable bonds is 8. The number of nitrogens with zero attached hydrogens (tertiary/aromatic N) is 5. The lowest BCUT2D eigenvalue weighted by Crippen LogP contribution is -2.36. The first-order chi connectivity index (χ1) is 16.0. The van der Waals surface area contributed by atoms with Crippen molar-refractivity contribution in [2.24, 2.45) is 0 Å². The second-order valence-corrected chi connectivity index (χ2v) is 9.16. The highest BCUT2D eigenvalue weighted by atomic mass is 32.1. The van der Waals surface area contributed by atoms with Gasteiger partial charge in [0.05, 0.1) is 30.7 Å². The molecule has 0 spiro atoms. The van der Waals surface area contributed by atoms with E-state index in [-0.39, 0.29) is 5.91 Å². The Morgan fingerprint density at radius 2 is 2.00 bits per heavy atom. The molecule has 3 aromatic rings. The molecule has 2 aromatic heterocycles. The molecule has 0 aliphatic carbocycles. The van der Waals surface area contributed by atoms with E-state index >= 15 is 0 Å². The van der Waals surface area contributed by atoms with Crippen LogP contribution in [0.4, 0.5) is 16.6 Å². The highest BCUT2D eigenvalue weighted by Gasteiger charge is 2.20. The molecular formula is C23H30N6O3S. The monoisotopic (exact) mass is 470 g/mol. The fraction of sp³-hybridized carbons (Fsp3) is 0.435. The second-order valence-electron chi connectivity index (χ2n) is 8.16. The first-order valence-electron chi connectivity index (χ1n) is 10.9. The number of pyridine rings is 1. The quantitative estimate of drug-likeness (QED) is 0.538. The van der Waals surface area contributed by atoms with E-state index in [2.05, 4.69) is 31.2 Å². The number of benzene rings is 1. The summed E-state index contributed by atoms with van der Waals surface area (Å²) < 4.78 is 12.0. The van der Waals surface area contributed by atoms with Crippen molar-refractivity contribution in [3.05, 3.63) is 36.0 Å². The van der Waals surface area contributed by atoms with E-state index in [0.717, 1.165) is 47.9 Å². The number of fused-ring (bicyclic) bond motifs is 1. The van der Waals surface area contributed by atoms with Crippen molar-refractivity contribution in [3.63, 3.8) is 0 Å². The predicted molar refractivity (Wildman–Crippen MR) is 133 cm³/mol. The van der Waals surface area contributed by atoms with E-state index < -0.39 is 0 Å². The molecule has 1 N–H and O–H groups in total. The average Bonchev–Trinajstić information content (AvgIpc) is 3.26. The van der Waals surface area contributed by atoms with Crippen LogP contribution in [0.3, 0.4) is 0 Å². The summed E-state index contributed by atoms with van der Waals surface area (Å²) in [5, 5.41) is 3.50. The lowest BCUT2D eigenvalue weighted by Gasteiger charge is -2.29. The minimum Gasteiger partial charge on any atom is -0.494 e. The van der Waals surface area contributed by atoms with E-state index in [1.807, 2.05) is 32.1 Å². The zero-order valence-electron chi connectivity index (χ0n) is 19.5. The fourth-order valence-corrected chi connectivity index (χ4v) is 4.66. The standard InChI is InChI=1S/C23H30N6O3S/c1-27(2)9-10-28(3)19-15-16(7-8-24-19)22(30)26-23-25-20-18(31-4)6-5-17(21(20)33-23)29-11-13-32-14-12-29/h5-8,15H,9-14H2,1-4H3,(H,25,26,30). The number of nitrogens with one attached hydrogen (secondary N) is 1. The van der Waals surface area contributed by atoms with Gasteiger partial charge in [0.15, 0.2) is 5.13 Å². The van der Waals surface area contributed by atoms with Gasteiger partial charge in [0, 0.05) is 45.0 Å². The van der Waals surface area contributed by atoms with Crippen LogP contribution in [0.1, 0.15) is 10.4 Å². The van der Waals surface area contributed by atoms with Gasteiger partial charge in [-0.1, -0.05) is 11.3 Å². The minimum atomic E-state index is -0.217. The van der Waals surface area contributed by atoms with Gasteiger partial charge in [-0.05, 0) is 38.4 Å². The molecule has 1 aliphatic rings. The van der Waals surface area contributed by atoms with Gasteiger partial charge in [-0.3, -0.25) is 10.1 Å². The predicted octanol–water partition coefficient (Wildman–Crippen LogP) is 2.79. The van der Waals surface area contributed by atoms with Crippen LogP contribution >= 0.6 is 11.3 Å². The highest BCUT2D eigenvalue weighted by molar-refractivity contribution is 7.23. The number of anilines is 3. The Bertz CT molecular complexity index is 1110. The molecule has 1 aromatic carbocycles. The van der Waals surface area contributed by atoms with Crippen molar-refractivity contribution in [1.82, 2.24) is 14.9 Å². The van der Waals surface area contributed by atoms with E-state index in [1.165, 1.54) is 11.3 Å². The number of carbonyl (C=O) groups is 1. The molecule has 0 radical (unpaired) electrons. The van der Waals surface area contributed by atoms with Gasteiger partial charge in [-0.15, -0.1) is 0 Å². The van der Waals surface area contributed by atoms with Gasteiger partial charge in [0.1, 0.15) is 17.1 Å². The summed E-state index contributed by atoms with van der Waals surface area (Å²) in [6.45, 7) is 4.75. The molecule has 176 valence electrons. The summed E-state index contributed by atoms with van der Waals surface area (Å²) in [7, 11) is 7.66. The van der Waals surface area contributed by atoms with Gasteiger partial charge < -0.3 is 24.2 Å². The number of thiazole rings is 1. The number of ether oxygens (including phenoxy) is 2. The van der Waals surface area contributed by atoms with Crippen LogP contribution in [-0.2, 0) is 4.74 Å². The molecule has 0 unspecified atom stereocenters. The lowest BCUT2D eigenvalue weighted by molar-refractivity contribution is 0.102. The van der Waals surface area contributed by atoms with E-state index in [9.17, 15) is 4.79 Å². The normalized spacial score (nSPS) is 14.0. The van der Waals surface area contributed by atoms with E-state index in [1.54, 1.807) is 25.4 Å². The third-order valence-electron chi connectivity index (χ3n) is 5.56. The maximum atomic E-state index is 13.0. The fourth-order valence-electron chi connectivity index (χ4n) is 3.64. The van der Waals surface area contributed by atoms with Crippen LogP contribution in [0.2, 0.25) is 0 Å². The van der Waals surface area contributed by atoms with Crippen LogP contribution in [0.5, 0.6) is 5.75 Å². The van der Waals surface area contributed by atoms with Crippen LogP contribution in [0, 0.1) is 0 Å². The smallest absolute Gasteiger partial charge is 0.257 e. The maximum Gasteiger partial charge on any atom is 0.257 e. The zero-order valence-corrected chi connectivity index (χ0v) is 20.3. The Balaban J connectivity index is 1.56. The molecule has 1 saturated heterocycles. The first kappa shape index (κ1) is 23.2. The number of morpholine rings is 1. The highest BCUT2D eigenvalue weighted by Crippen LogP contribution is 2.39. The summed E-state index contributed by atoms with van der Waals surface area (Å²) in [5.41, 5.74) is 2.37. The van der Waals surface area contributed by atoms with Crippen LogP contribution < -0.4 is 19.9 Å². The molecule has 1 amide bonds. The van der Waals surface area contributed by atoms with Gasteiger partial charge in [0.25, 0.3) is 5.91 Å². The number of hydrogen-bond donors (Lipinski definition) is 1. The SMILES string of the molecule is COc1ccc(N2CCOCC2)c2sc(NC(=O)c3ccnc(N(C)CCN(C)C)c3)nc12. The number of methoxy groups -OCH3 is 1. The average molecular weight is 471 g/mol. The Morgan fingerprint density at radius 3 is 2.73 bits per heavy atom. The molecule has 9 nitrogen and oxygen atoms in total. The summed E-state index contributed by atoms with van der Waals surface area (Å²) in [6.07, 6.45) is 1.66. The second kappa shape index (κ2) is 10.3. The molecule has 0 atom stereocenters. The van der Waals surface area contributed by atoms with E-state index in [4.69, 9.17) is 9.47 Å². The summed E-state index contributed by atoms with van der Waals surface area (Å²) in [6, 6.07) is 7.50. The van der Waals surface area contributed by atoms with Crippen LogP contribution in [0.25, 0.3) is 10.2 Å². The van der Waals surface area contributed by atoms with Crippen molar-refractivity contribution in [2.45, 2.75) is 0 Å². The summed E-state index contributed by atoms with van der Waals surface area (Å²) in [5.74, 6) is 1.23. The van der Waals surface area contributed by atoms with E-state index in [0.29, 0.717) is 29.7 Å². The van der Waals surface area contributed by atoms with Gasteiger partial charge in [-0.2, -0.15) is 0 Å². The maximum absolute atomic E-state index is 13.0. The van der Waals surface area contributed by atoms with Gasteiger partial charge >= 0.3 is 0 Å². The van der Waals surface area contributed by atoms with Gasteiger partial charge in [-0.25, -0.2) is 9.97 Å². The molecular weight excluding hydrogens is 440 g/mol. The largest absolute Gasteiger partial charge is 0.494 e. The first-order valence-corrected chi connectivity index (χ1v) is 11.7. The Morgan fingerprint density at radius 1 is 1.21 bits per heavy atom. The number of hydrogen-bond acceptors (Lipinski definition) is 9. The molecule has 1 fully saturated rings. The van der Waals surface area contributed by atoms with Crippen molar-refractivity contribution < 1.29 is 14.3 Å². The minimum absolute atomic E-state index is 0.217. The summed E-state index contributed by atoms with van der Waals surface area (Å²) >= 11 is 1.45. The lowest BCUT2D eigenvalue weighted by atomic mass is 10.2. The molecule has 0 saturated carbocycles. The van der Waals surface area contributed by atoms with Crippen LogP contribution in [-0.4, -0.2) is 88.4 Å². The number of carbonyl (C=O) groups excluding carboxylic acids is 1. The topological polar surface area (TPSA) is 83.1 Å². The number of aromatic nitrogens is 2. The van der Waals surface area contributed by atoms with Crippen molar-refractivity contribution in [1.29, 1.82) is 0 Å². The number of amides is 1. The third-order valence-corrected chi connectivity index (χ3v) is 6.55. The molecule has 4 rings (SSSR count). The zero-order chi connectivity index (χ0) is 23.4. The van der Waals surface area contributed by atoms with Crippen molar-refractivity contribution in [2.75, 3.05) is 82.8 Å². The Kier molecular flexibility index (Phi) is 7.26. The summed E-state index contributed by atoms with van der Waals surface area (Å²) in [4.78, 5) is 28.5. The molecule has 10 heteroatoms. The molecule has 0 bridgehead atoms. The molecule has 33 heavy (non-hydrogen) atoms. The molecule has 3 heterocycles. The van der Waals surface area contributed by atoms with Crippen molar-refractivity contribution in [3.8, 4) is 5.75 Å². The molecule has 1 aliphatic heterocycles.